The number of aromatic nitrogens is 1. The zero-order valence-electron chi connectivity index (χ0n) is 23.7. The molecule has 8 nitrogen and oxygen atoms in total. The molecule has 1 fully saturated rings. The summed E-state index contributed by atoms with van der Waals surface area (Å²) in [5.41, 5.74) is 4.18. The van der Waals surface area contributed by atoms with Crippen molar-refractivity contribution in [2.75, 3.05) is 17.4 Å². The van der Waals surface area contributed by atoms with Crippen molar-refractivity contribution >= 4 is 32.7 Å². The van der Waals surface area contributed by atoms with Crippen LogP contribution in [0.3, 0.4) is 0 Å². The molecule has 0 unspecified atom stereocenters. The summed E-state index contributed by atoms with van der Waals surface area (Å²) < 4.78 is 51.3. The van der Waals surface area contributed by atoms with Crippen LogP contribution in [0.4, 0.5) is 10.1 Å². The third kappa shape index (κ3) is 5.06. The lowest BCUT2D eigenvalue weighted by Gasteiger charge is -2.32. The summed E-state index contributed by atoms with van der Waals surface area (Å²) >= 11 is 0. The summed E-state index contributed by atoms with van der Waals surface area (Å²) in [6.07, 6.45) is 1.65. The van der Waals surface area contributed by atoms with Crippen molar-refractivity contribution < 1.29 is 22.3 Å². The highest BCUT2D eigenvalue weighted by molar-refractivity contribution is 7.91. The molecule has 0 aliphatic carbocycles. The molecule has 3 heterocycles. The van der Waals surface area contributed by atoms with Crippen LogP contribution in [0.2, 0.25) is 0 Å². The molecule has 2 aliphatic heterocycles. The highest BCUT2D eigenvalue weighted by atomic mass is 32.2. The number of fused-ring (bicyclic) bond motifs is 2. The molecule has 7 rings (SSSR count). The Balaban J connectivity index is 1.44. The van der Waals surface area contributed by atoms with E-state index in [0.717, 1.165) is 16.7 Å². The molecule has 0 radical (unpaired) electrons. The molecule has 0 atom stereocenters. The average molecular weight is 609 g/mol. The van der Waals surface area contributed by atoms with Gasteiger partial charge in [0.05, 0.1) is 11.3 Å². The lowest BCUT2D eigenvalue weighted by molar-refractivity contribution is 0.0762. The Hall–Kier alpha value is -4.80. The molecule has 0 spiro atoms. The van der Waals surface area contributed by atoms with Gasteiger partial charge in [-0.1, -0.05) is 72.8 Å². The van der Waals surface area contributed by atoms with Crippen molar-refractivity contribution in [3.63, 3.8) is 0 Å². The quantitative estimate of drug-likeness (QED) is 0.254. The maximum atomic E-state index is 14.3. The van der Waals surface area contributed by atoms with Gasteiger partial charge in [0.15, 0.2) is 5.75 Å². The van der Waals surface area contributed by atoms with Crippen LogP contribution < -0.4 is 13.8 Å². The lowest BCUT2D eigenvalue weighted by atomic mass is 9.98. The largest absolute Gasteiger partial charge is 0.478 e. The highest BCUT2D eigenvalue weighted by Gasteiger charge is 2.40. The number of hydrogen-bond acceptors (Lipinski definition) is 5. The van der Waals surface area contributed by atoms with Crippen LogP contribution in [0.1, 0.15) is 45.1 Å². The Morgan fingerprint density at radius 1 is 0.909 bits per heavy atom. The van der Waals surface area contributed by atoms with E-state index >= 15 is 0 Å². The first-order valence-electron chi connectivity index (χ1n) is 14.4. The standard InChI is InChI=1S/C34H29FN4O4S/c35-26-16-14-23(15-17-26)21-38-22-28-29(34(38)40)33(43-32(24-9-3-1-4-10-24)25-11-5-2-6-12-25)30-27(13-7-18-36-30)31(28)39-20-8-19-37-44(39,41)42/h1-7,9-18,32,37H,8,19-22H2. The van der Waals surface area contributed by atoms with Crippen LogP contribution in [0.25, 0.3) is 10.9 Å². The second-order valence-corrected chi connectivity index (χ2v) is 12.5. The second kappa shape index (κ2) is 11.4. The average Bonchev–Trinajstić information content (AvgIpc) is 3.36. The number of pyridine rings is 1. The van der Waals surface area contributed by atoms with E-state index < -0.39 is 16.3 Å². The highest BCUT2D eigenvalue weighted by Crippen LogP contribution is 2.47. The number of nitrogens with one attached hydrogen (secondary N) is 1. The number of carbonyl (C=O) groups excluding carboxylic acids is 1. The number of amides is 1. The molecule has 0 bridgehead atoms. The van der Waals surface area contributed by atoms with Gasteiger partial charge in [-0.25, -0.2) is 4.39 Å². The predicted molar refractivity (Wildman–Crippen MR) is 166 cm³/mol. The van der Waals surface area contributed by atoms with Crippen molar-refractivity contribution in [3.05, 3.63) is 137 Å². The number of nitrogens with zero attached hydrogens (tertiary/aromatic N) is 3. The van der Waals surface area contributed by atoms with E-state index in [1.54, 1.807) is 29.3 Å². The van der Waals surface area contributed by atoms with Crippen molar-refractivity contribution in [1.82, 2.24) is 14.6 Å². The molecule has 0 saturated carbocycles. The first-order chi connectivity index (χ1) is 21.4. The third-order valence-electron chi connectivity index (χ3n) is 8.03. The first-order valence-corrected chi connectivity index (χ1v) is 15.9. The summed E-state index contributed by atoms with van der Waals surface area (Å²) in [7, 11) is -3.87. The van der Waals surface area contributed by atoms with Gasteiger partial charge in [-0.15, -0.1) is 0 Å². The number of hydrogen-bond donors (Lipinski definition) is 1. The Morgan fingerprint density at radius 2 is 1.59 bits per heavy atom. The smallest absolute Gasteiger partial charge is 0.301 e. The molecule has 4 aromatic carbocycles. The number of ether oxygens (including phenoxy) is 1. The van der Waals surface area contributed by atoms with E-state index in [9.17, 15) is 17.6 Å². The zero-order valence-corrected chi connectivity index (χ0v) is 24.5. The summed E-state index contributed by atoms with van der Waals surface area (Å²) in [5.74, 6) is -0.378. The molecule has 10 heteroatoms. The molecule has 2 aliphatic rings. The monoisotopic (exact) mass is 608 g/mol. The molecule has 222 valence electrons. The van der Waals surface area contributed by atoms with E-state index in [2.05, 4.69) is 9.71 Å². The van der Waals surface area contributed by atoms with Crippen molar-refractivity contribution in [2.24, 2.45) is 0 Å². The van der Waals surface area contributed by atoms with Gasteiger partial charge in [0.25, 0.3) is 5.91 Å². The molecule has 1 N–H and O–H groups in total. The second-order valence-electron chi connectivity index (χ2n) is 10.9. The third-order valence-corrected chi connectivity index (χ3v) is 9.55. The maximum absolute atomic E-state index is 14.3. The summed E-state index contributed by atoms with van der Waals surface area (Å²) in [6, 6.07) is 29.0. The number of carbonyl (C=O) groups is 1. The molecule has 44 heavy (non-hydrogen) atoms. The van der Waals surface area contributed by atoms with E-state index in [0.29, 0.717) is 40.9 Å². The van der Waals surface area contributed by atoms with Gasteiger partial charge < -0.3 is 9.64 Å². The normalized spacial score (nSPS) is 16.0. The first kappa shape index (κ1) is 28.0. The number of halogens is 1. The van der Waals surface area contributed by atoms with E-state index in [1.165, 1.54) is 16.4 Å². The molecule has 5 aromatic rings. The fourth-order valence-electron chi connectivity index (χ4n) is 6.01. The van der Waals surface area contributed by atoms with Gasteiger partial charge in [-0.2, -0.15) is 13.1 Å². The van der Waals surface area contributed by atoms with Crippen molar-refractivity contribution in [3.8, 4) is 5.75 Å². The van der Waals surface area contributed by atoms with E-state index in [1.807, 2.05) is 66.7 Å². The Bertz CT molecular complexity index is 1920. The van der Waals surface area contributed by atoms with Crippen molar-refractivity contribution in [1.29, 1.82) is 0 Å². The number of benzene rings is 4. The van der Waals surface area contributed by atoms with Crippen LogP contribution in [-0.2, 0) is 23.3 Å². The fraction of sp³-hybridized carbons (Fsp3) is 0.176. The maximum Gasteiger partial charge on any atom is 0.301 e. The Labute approximate surface area is 254 Å². The van der Waals surface area contributed by atoms with Crippen molar-refractivity contribution in [2.45, 2.75) is 25.6 Å². The molecule has 1 aromatic heterocycles. The van der Waals surface area contributed by atoms with E-state index in [-0.39, 0.29) is 36.9 Å². The minimum Gasteiger partial charge on any atom is -0.478 e. The zero-order chi connectivity index (χ0) is 30.3. The van der Waals surface area contributed by atoms with Crippen LogP contribution in [0.15, 0.2) is 103 Å². The molecule has 1 amide bonds. The Kier molecular flexibility index (Phi) is 7.23. The van der Waals surface area contributed by atoms with Gasteiger partial charge >= 0.3 is 10.2 Å². The van der Waals surface area contributed by atoms with Crippen LogP contribution in [0, 0.1) is 5.82 Å². The summed E-state index contributed by atoms with van der Waals surface area (Å²) in [5, 5.41) is 0.574. The van der Waals surface area contributed by atoms with Gasteiger partial charge in [-0.3, -0.25) is 14.1 Å². The lowest BCUT2D eigenvalue weighted by Crippen LogP contribution is -2.47. The number of anilines is 1. The topological polar surface area (TPSA) is 91.8 Å². The molecular weight excluding hydrogens is 579 g/mol. The van der Waals surface area contributed by atoms with Gasteiger partial charge in [0, 0.05) is 43.3 Å². The molecule has 1 saturated heterocycles. The van der Waals surface area contributed by atoms with Crippen LogP contribution >= 0.6 is 0 Å². The molecular formula is C34H29FN4O4S. The number of rotatable bonds is 7. The minimum absolute atomic E-state index is 0.148. The van der Waals surface area contributed by atoms with Gasteiger partial charge in [-0.05, 0) is 47.4 Å². The van der Waals surface area contributed by atoms with Crippen LogP contribution in [-0.4, -0.2) is 37.3 Å². The fourth-order valence-corrected chi connectivity index (χ4v) is 7.38. The SMILES string of the molecule is O=C1c2c(c(N3CCCNS3(=O)=O)c3cccnc3c2OC(c2ccccc2)c2ccccc2)CN1Cc1ccc(F)cc1. The summed E-state index contributed by atoms with van der Waals surface area (Å²) in [4.78, 5) is 20.7. The van der Waals surface area contributed by atoms with Gasteiger partial charge in [0.2, 0.25) is 0 Å². The minimum atomic E-state index is -3.87. The van der Waals surface area contributed by atoms with E-state index in [4.69, 9.17) is 4.74 Å². The van der Waals surface area contributed by atoms with Gasteiger partial charge in [0.1, 0.15) is 17.4 Å². The van der Waals surface area contributed by atoms with Crippen LogP contribution in [0.5, 0.6) is 5.75 Å². The Morgan fingerprint density at radius 3 is 2.25 bits per heavy atom. The predicted octanol–water partition coefficient (Wildman–Crippen LogP) is 5.74. The summed E-state index contributed by atoms with van der Waals surface area (Å²) in [6.45, 7) is 0.955.